The maximum atomic E-state index is 12.6. The highest BCUT2D eigenvalue weighted by molar-refractivity contribution is 7.98. The smallest absolute Gasteiger partial charge is 0.258 e. The number of aromatic nitrogens is 2. The van der Waals surface area contributed by atoms with E-state index in [-0.39, 0.29) is 11.4 Å². The van der Waals surface area contributed by atoms with Gasteiger partial charge in [-0.25, -0.2) is 4.68 Å². The van der Waals surface area contributed by atoms with Crippen molar-refractivity contribution in [3.63, 3.8) is 0 Å². The number of carbonyl (C=O) groups excluding carboxylic acids is 1. The molecule has 0 aliphatic carbocycles. The van der Waals surface area contributed by atoms with E-state index in [0.29, 0.717) is 15.6 Å². The number of halogens is 2. The van der Waals surface area contributed by atoms with Crippen molar-refractivity contribution in [1.82, 2.24) is 9.78 Å². The molecule has 23 heavy (non-hydrogen) atoms. The Morgan fingerprint density at radius 1 is 1.30 bits per heavy atom. The van der Waals surface area contributed by atoms with Gasteiger partial charge in [0.05, 0.1) is 21.8 Å². The van der Waals surface area contributed by atoms with E-state index in [1.807, 2.05) is 4.68 Å². The van der Waals surface area contributed by atoms with Crippen LogP contribution in [0.2, 0.25) is 10.0 Å². The van der Waals surface area contributed by atoms with E-state index in [1.54, 1.807) is 30.0 Å². The van der Waals surface area contributed by atoms with Gasteiger partial charge in [0, 0.05) is 22.1 Å². The van der Waals surface area contributed by atoms with E-state index < -0.39 is 0 Å². The molecular weight excluding hydrogens is 353 g/mol. The minimum atomic E-state index is -0.253. The van der Waals surface area contributed by atoms with Crippen LogP contribution in [0.1, 0.15) is 42.4 Å². The van der Waals surface area contributed by atoms with E-state index in [1.165, 1.54) is 0 Å². The summed E-state index contributed by atoms with van der Waals surface area (Å²) in [5, 5.41) is 8.51. The first-order valence-electron chi connectivity index (χ1n) is 7.23. The average Bonchev–Trinajstić information content (AvgIpc) is 3.00. The monoisotopic (exact) mass is 369 g/mol. The molecule has 4 nitrogen and oxygen atoms in total. The number of benzene rings is 1. The first kappa shape index (κ1) is 16.7. The SMILES string of the molecule is CC(C)(C)n1nc2c(c1NC(=O)c1ccc(Cl)cc1Cl)CSC2. The molecule has 0 spiro atoms. The van der Waals surface area contributed by atoms with Crippen molar-refractivity contribution in [2.24, 2.45) is 0 Å². The summed E-state index contributed by atoms with van der Waals surface area (Å²) in [5.41, 5.74) is 2.32. The molecule has 1 amide bonds. The first-order chi connectivity index (χ1) is 10.8. The summed E-state index contributed by atoms with van der Waals surface area (Å²) >= 11 is 13.8. The lowest BCUT2D eigenvalue weighted by Gasteiger charge is -2.23. The maximum Gasteiger partial charge on any atom is 0.258 e. The van der Waals surface area contributed by atoms with Crippen LogP contribution in [0.4, 0.5) is 5.82 Å². The van der Waals surface area contributed by atoms with Gasteiger partial charge in [0.2, 0.25) is 0 Å². The van der Waals surface area contributed by atoms with Gasteiger partial charge in [-0.05, 0) is 39.0 Å². The molecule has 2 aromatic rings. The Bertz CT molecular complexity index is 780. The van der Waals surface area contributed by atoms with Crippen molar-refractivity contribution in [3.05, 3.63) is 45.1 Å². The van der Waals surface area contributed by atoms with Crippen LogP contribution in [-0.4, -0.2) is 15.7 Å². The van der Waals surface area contributed by atoms with Crippen molar-refractivity contribution in [1.29, 1.82) is 0 Å². The average molecular weight is 370 g/mol. The number of rotatable bonds is 2. The molecule has 1 aliphatic heterocycles. The molecule has 0 radical (unpaired) electrons. The third kappa shape index (κ3) is 3.23. The second-order valence-electron chi connectivity index (χ2n) is 6.43. The Morgan fingerprint density at radius 2 is 2.04 bits per heavy atom. The lowest BCUT2D eigenvalue weighted by atomic mass is 10.1. The molecule has 1 aliphatic rings. The zero-order chi connectivity index (χ0) is 16.8. The van der Waals surface area contributed by atoms with E-state index >= 15 is 0 Å². The number of fused-ring (bicyclic) bond motifs is 1. The number of nitrogens with one attached hydrogen (secondary N) is 1. The molecule has 0 unspecified atom stereocenters. The van der Waals surface area contributed by atoms with Crippen LogP contribution >= 0.6 is 35.0 Å². The van der Waals surface area contributed by atoms with Crippen LogP contribution in [0.15, 0.2) is 18.2 Å². The molecule has 0 atom stereocenters. The second kappa shape index (κ2) is 6.04. The molecule has 2 heterocycles. The molecule has 122 valence electrons. The number of carbonyl (C=O) groups is 1. The van der Waals surface area contributed by atoms with E-state index in [0.717, 1.165) is 28.6 Å². The van der Waals surface area contributed by atoms with Gasteiger partial charge in [0.25, 0.3) is 5.91 Å². The number of amides is 1. The van der Waals surface area contributed by atoms with Gasteiger partial charge < -0.3 is 5.32 Å². The summed E-state index contributed by atoms with van der Waals surface area (Å²) in [7, 11) is 0. The molecule has 0 saturated carbocycles. The van der Waals surface area contributed by atoms with Crippen molar-refractivity contribution in [3.8, 4) is 0 Å². The molecule has 7 heteroatoms. The van der Waals surface area contributed by atoms with Gasteiger partial charge in [0.1, 0.15) is 5.82 Å². The molecule has 1 N–H and O–H groups in total. The van der Waals surface area contributed by atoms with Gasteiger partial charge in [-0.15, -0.1) is 0 Å². The zero-order valence-corrected chi connectivity index (χ0v) is 15.4. The second-order valence-corrected chi connectivity index (χ2v) is 8.26. The summed E-state index contributed by atoms with van der Waals surface area (Å²) in [4.78, 5) is 12.6. The van der Waals surface area contributed by atoms with Crippen LogP contribution in [0.5, 0.6) is 0 Å². The highest BCUT2D eigenvalue weighted by atomic mass is 35.5. The van der Waals surface area contributed by atoms with E-state index in [9.17, 15) is 4.79 Å². The first-order valence-corrected chi connectivity index (χ1v) is 9.14. The summed E-state index contributed by atoms with van der Waals surface area (Å²) in [6.45, 7) is 6.19. The van der Waals surface area contributed by atoms with Crippen molar-refractivity contribution < 1.29 is 4.79 Å². The lowest BCUT2D eigenvalue weighted by Crippen LogP contribution is -2.27. The Balaban J connectivity index is 1.98. The van der Waals surface area contributed by atoms with Gasteiger partial charge in [-0.1, -0.05) is 23.2 Å². The van der Waals surface area contributed by atoms with Gasteiger partial charge in [-0.2, -0.15) is 16.9 Å². The highest BCUT2D eigenvalue weighted by Gasteiger charge is 2.29. The summed E-state index contributed by atoms with van der Waals surface area (Å²) in [5.74, 6) is 2.24. The third-order valence-corrected chi connectivity index (χ3v) is 5.11. The van der Waals surface area contributed by atoms with Gasteiger partial charge >= 0.3 is 0 Å². The fourth-order valence-electron chi connectivity index (χ4n) is 2.48. The number of hydrogen-bond donors (Lipinski definition) is 1. The quantitative estimate of drug-likeness (QED) is 0.814. The summed E-state index contributed by atoms with van der Waals surface area (Å²) < 4.78 is 1.89. The lowest BCUT2D eigenvalue weighted by molar-refractivity contribution is 0.102. The molecule has 1 aromatic carbocycles. The van der Waals surface area contributed by atoms with Crippen LogP contribution in [0.25, 0.3) is 0 Å². The largest absolute Gasteiger partial charge is 0.306 e. The van der Waals surface area contributed by atoms with Crippen LogP contribution in [0.3, 0.4) is 0 Å². The maximum absolute atomic E-state index is 12.6. The normalized spacial score (nSPS) is 14.0. The van der Waals surface area contributed by atoms with Crippen molar-refractivity contribution >= 4 is 46.7 Å². The molecule has 3 rings (SSSR count). The standard InChI is InChI=1S/C16H17Cl2N3OS/c1-16(2,3)21-14(11-7-23-8-13(11)20-21)19-15(22)10-5-4-9(17)6-12(10)18/h4-6H,7-8H2,1-3H3,(H,19,22). The molecular formula is C16H17Cl2N3OS. The van der Waals surface area contributed by atoms with Crippen molar-refractivity contribution in [2.45, 2.75) is 37.8 Å². The summed E-state index contributed by atoms with van der Waals surface area (Å²) in [6, 6.07) is 4.86. The number of thioether (sulfide) groups is 1. The van der Waals surface area contributed by atoms with Crippen molar-refractivity contribution in [2.75, 3.05) is 5.32 Å². The van der Waals surface area contributed by atoms with Crippen LogP contribution in [-0.2, 0) is 17.0 Å². The minimum Gasteiger partial charge on any atom is -0.306 e. The minimum absolute atomic E-state index is 0.221. The number of anilines is 1. The Hall–Kier alpha value is -1.17. The number of nitrogens with zero attached hydrogens (tertiary/aromatic N) is 2. The topological polar surface area (TPSA) is 46.9 Å². The number of hydrogen-bond acceptors (Lipinski definition) is 3. The predicted octanol–water partition coefficient (Wildman–Crippen LogP) is 4.94. The fourth-order valence-corrected chi connectivity index (χ4v) is 4.00. The molecule has 0 bridgehead atoms. The molecule has 0 saturated heterocycles. The van der Waals surface area contributed by atoms with E-state index in [4.69, 9.17) is 23.2 Å². The molecule has 0 fully saturated rings. The van der Waals surface area contributed by atoms with Gasteiger partial charge in [0.15, 0.2) is 0 Å². The Labute approximate surface area is 149 Å². The summed E-state index contributed by atoms with van der Waals surface area (Å²) in [6.07, 6.45) is 0. The third-order valence-electron chi connectivity index (χ3n) is 3.59. The van der Waals surface area contributed by atoms with Crippen LogP contribution in [0, 0.1) is 0 Å². The van der Waals surface area contributed by atoms with Gasteiger partial charge in [-0.3, -0.25) is 4.79 Å². The Kier molecular flexibility index (Phi) is 4.38. The predicted molar refractivity (Wildman–Crippen MR) is 96.6 cm³/mol. The highest BCUT2D eigenvalue weighted by Crippen LogP contribution is 2.37. The Morgan fingerprint density at radius 3 is 2.70 bits per heavy atom. The zero-order valence-electron chi connectivity index (χ0n) is 13.1. The fraction of sp³-hybridized carbons (Fsp3) is 0.375. The van der Waals surface area contributed by atoms with Crippen LogP contribution < -0.4 is 5.32 Å². The molecule has 1 aromatic heterocycles. The van der Waals surface area contributed by atoms with E-state index in [2.05, 4.69) is 31.2 Å².